The average Bonchev–Trinajstić information content (AvgIpc) is 2.92. The zero-order valence-corrected chi connectivity index (χ0v) is 16.0. The quantitative estimate of drug-likeness (QED) is 0.532. The molecule has 0 bridgehead atoms. The van der Waals surface area contributed by atoms with Gasteiger partial charge in [0.25, 0.3) is 0 Å². The number of fused-ring (bicyclic) bond motifs is 5. The molecule has 1 nitrogen and oxygen atoms in total. The summed E-state index contributed by atoms with van der Waals surface area (Å²) in [7, 11) is 0. The minimum Gasteiger partial charge on any atom is -0.299 e. The first-order valence-electron chi connectivity index (χ1n) is 10.2. The Morgan fingerprint density at radius 2 is 1.96 bits per heavy atom. The number of carbonyl (C=O) groups excluding carboxylic acids is 1. The van der Waals surface area contributed by atoms with E-state index in [2.05, 4.69) is 39.8 Å². The van der Waals surface area contributed by atoms with Crippen LogP contribution in [0.25, 0.3) is 0 Å². The third kappa shape index (κ3) is 2.15. The Hall–Kier alpha value is -0.850. The highest BCUT2D eigenvalue weighted by atomic mass is 16.1. The second-order valence-corrected chi connectivity index (χ2v) is 9.68. The van der Waals surface area contributed by atoms with Gasteiger partial charge in [0.05, 0.1) is 0 Å². The molecule has 0 radical (unpaired) electrons. The van der Waals surface area contributed by atoms with Gasteiger partial charge in [0.1, 0.15) is 5.78 Å². The third-order valence-corrected chi connectivity index (χ3v) is 8.94. The van der Waals surface area contributed by atoms with Crippen LogP contribution in [0.3, 0.4) is 0 Å². The van der Waals surface area contributed by atoms with Crippen LogP contribution >= 0.6 is 0 Å². The Morgan fingerprint density at radius 3 is 2.71 bits per heavy atom. The van der Waals surface area contributed by atoms with Crippen LogP contribution in [-0.2, 0) is 4.79 Å². The van der Waals surface area contributed by atoms with Gasteiger partial charge in [0.15, 0.2) is 0 Å². The zero-order valence-electron chi connectivity index (χ0n) is 16.0. The Bertz CT molecular complexity index is 612. The molecule has 4 aliphatic rings. The normalized spacial score (nSPS) is 48.4. The maximum atomic E-state index is 12.0. The van der Waals surface area contributed by atoms with Gasteiger partial charge in [-0.3, -0.25) is 4.79 Å². The predicted molar refractivity (Wildman–Crippen MR) is 99.6 cm³/mol. The van der Waals surface area contributed by atoms with E-state index in [9.17, 15) is 4.79 Å². The van der Waals surface area contributed by atoms with Crippen LogP contribution in [0.15, 0.2) is 23.3 Å². The number of Topliss-reactive ketones (excluding diaryl/α,β-unsaturated/α-hetero) is 1. The summed E-state index contributed by atoms with van der Waals surface area (Å²) in [6, 6.07) is 0. The second kappa shape index (κ2) is 5.58. The summed E-state index contributed by atoms with van der Waals surface area (Å²) in [5.41, 5.74) is 3.97. The number of hydrogen-bond donors (Lipinski definition) is 0. The molecule has 0 saturated heterocycles. The first-order valence-corrected chi connectivity index (χ1v) is 10.2. The van der Waals surface area contributed by atoms with Gasteiger partial charge in [-0.2, -0.15) is 0 Å². The molecule has 3 fully saturated rings. The molecule has 132 valence electrons. The van der Waals surface area contributed by atoms with E-state index in [-0.39, 0.29) is 0 Å². The molecule has 6 atom stereocenters. The second-order valence-electron chi connectivity index (χ2n) is 9.68. The predicted octanol–water partition coefficient (Wildman–Crippen LogP) is 6.10. The molecule has 0 aromatic carbocycles. The zero-order chi connectivity index (χ0) is 17.1. The Balaban J connectivity index is 1.66. The van der Waals surface area contributed by atoms with Crippen molar-refractivity contribution in [3.8, 4) is 0 Å². The number of rotatable bonds is 1. The van der Waals surface area contributed by atoms with Crippen LogP contribution in [0.2, 0.25) is 0 Å². The fraction of sp³-hybridized carbons (Fsp3) is 0.783. The third-order valence-electron chi connectivity index (χ3n) is 8.94. The van der Waals surface area contributed by atoms with Crippen molar-refractivity contribution in [1.82, 2.24) is 0 Å². The van der Waals surface area contributed by atoms with E-state index < -0.39 is 0 Å². The summed E-state index contributed by atoms with van der Waals surface area (Å²) in [6.45, 7) is 9.67. The van der Waals surface area contributed by atoms with Gasteiger partial charge in [-0.25, -0.2) is 0 Å². The molecular formula is C23H34O. The molecule has 0 aromatic rings. The highest BCUT2D eigenvalue weighted by Gasteiger charge is 2.58. The minimum atomic E-state index is 0.325. The summed E-state index contributed by atoms with van der Waals surface area (Å²) in [5, 5.41) is 0. The Morgan fingerprint density at radius 1 is 1.17 bits per heavy atom. The molecular weight excluding hydrogens is 292 g/mol. The fourth-order valence-electron chi connectivity index (χ4n) is 7.43. The van der Waals surface area contributed by atoms with Gasteiger partial charge in [0.2, 0.25) is 0 Å². The molecule has 0 amide bonds. The smallest absolute Gasteiger partial charge is 0.136 e. The van der Waals surface area contributed by atoms with Crippen molar-refractivity contribution in [2.24, 2.45) is 34.5 Å². The first kappa shape index (κ1) is 16.6. The monoisotopic (exact) mass is 326 g/mol. The lowest BCUT2D eigenvalue weighted by Gasteiger charge is -2.57. The van der Waals surface area contributed by atoms with Crippen LogP contribution < -0.4 is 0 Å². The molecule has 4 rings (SSSR count). The SMILES string of the molecule is C/C=C(\C)[C@H]1CC[C@H]2[C@@H]3CC=C4CC(=O)CC[C@]4(C)[C@H]3CC[C@]12C. The molecule has 24 heavy (non-hydrogen) atoms. The van der Waals surface area contributed by atoms with Crippen molar-refractivity contribution in [3.05, 3.63) is 23.3 Å². The highest BCUT2D eigenvalue weighted by Crippen LogP contribution is 2.66. The molecule has 0 spiro atoms. The van der Waals surface area contributed by atoms with Gasteiger partial charge >= 0.3 is 0 Å². The topological polar surface area (TPSA) is 17.1 Å². The largest absolute Gasteiger partial charge is 0.299 e. The summed E-state index contributed by atoms with van der Waals surface area (Å²) >= 11 is 0. The van der Waals surface area contributed by atoms with Crippen LogP contribution in [0, 0.1) is 34.5 Å². The van der Waals surface area contributed by atoms with Gasteiger partial charge in [0, 0.05) is 12.8 Å². The molecule has 4 aliphatic carbocycles. The summed E-state index contributed by atoms with van der Waals surface area (Å²) < 4.78 is 0. The minimum absolute atomic E-state index is 0.325. The van der Waals surface area contributed by atoms with E-state index in [1.165, 1.54) is 37.7 Å². The number of allylic oxidation sites excluding steroid dienone is 4. The maximum Gasteiger partial charge on any atom is 0.136 e. The highest BCUT2D eigenvalue weighted by molar-refractivity contribution is 5.82. The van der Waals surface area contributed by atoms with Crippen molar-refractivity contribution in [2.75, 3.05) is 0 Å². The van der Waals surface area contributed by atoms with E-state index in [0.717, 1.165) is 42.9 Å². The maximum absolute atomic E-state index is 12.0. The van der Waals surface area contributed by atoms with E-state index in [4.69, 9.17) is 0 Å². The van der Waals surface area contributed by atoms with E-state index >= 15 is 0 Å². The summed E-state index contributed by atoms with van der Waals surface area (Å²) in [5.74, 6) is 3.86. The van der Waals surface area contributed by atoms with Crippen LogP contribution in [0.4, 0.5) is 0 Å². The van der Waals surface area contributed by atoms with E-state index in [1.807, 2.05) is 0 Å². The Kier molecular flexibility index (Phi) is 3.86. The van der Waals surface area contributed by atoms with Gasteiger partial charge in [-0.05, 0) is 86.9 Å². The van der Waals surface area contributed by atoms with Gasteiger partial charge in [-0.15, -0.1) is 0 Å². The van der Waals surface area contributed by atoms with Crippen molar-refractivity contribution in [3.63, 3.8) is 0 Å². The number of ketones is 1. The summed E-state index contributed by atoms with van der Waals surface area (Å²) in [4.78, 5) is 12.0. The van der Waals surface area contributed by atoms with Crippen LogP contribution in [0.1, 0.15) is 79.1 Å². The van der Waals surface area contributed by atoms with Crippen molar-refractivity contribution >= 4 is 5.78 Å². The lowest BCUT2D eigenvalue weighted by atomic mass is 9.47. The molecule has 0 heterocycles. The van der Waals surface area contributed by atoms with Crippen molar-refractivity contribution in [2.45, 2.75) is 79.1 Å². The van der Waals surface area contributed by atoms with Gasteiger partial charge < -0.3 is 0 Å². The molecule has 0 N–H and O–H groups in total. The fourth-order valence-corrected chi connectivity index (χ4v) is 7.43. The summed E-state index contributed by atoms with van der Waals surface area (Å²) in [6.07, 6.45) is 14.4. The molecule has 0 aromatic heterocycles. The standard InChI is InChI=1S/C23H34O/c1-5-15(2)19-8-9-20-18-7-6-16-14-17(24)10-12-22(16,3)21(18)11-13-23(19,20)4/h5-6,18-21H,7-14H2,1-4H3/b15-5+/t18-,19+,20-,21-,22-,23+/m0/s1. The molecule has 1 heteroatoms. The lowest BCUT2D eigenvalue weighted by Crippen LogP contribution is -2.50. The van der Waals surface area contributed by atoms with Crippen LogP contribution in [-0.4, -0.2) is 5.78 Å². The van der Waals surface area contributed by atoms with Gasteiger partial charge in [-0.1, -0.05) is 37.1 Å². The molecule has 0 unspecified atom stereocenters. The Labute approximate surface area is 148 Å². The molecule has 0 aliphatic heterocycles. The average molecular weight is 327 g/mol. The first-order chi connectivity index (χ1) is 11.4. The lowest BCUT2D eigenvalue weighted by molar-refractivity contribution is -0.122. The number of carbonyl (C=O) groups is 1. The van der Waals surface area contributed by atoms with Crippen molar-refractivity contribution in [1.29, 1.82) is 0 Å². The van der Waals surface area contributed by atoms with E-state index in [1.54, 1.807) is 5.57 Å². The van der Waals surface area contributed by atoms with E-state index in [0.29, 0.717) is 16.6 Å². The van der Waals surface area contributed by atoms with Crippen LogP contribution in [0.5, 0.6) is 0 Å². The number of hydrogen-bond acceptors (Lipinski definition) is 1. The molecule has 3 saturated carbocycles. The van der Waals surface area contributed by atoms with Crippen molar-refractivity contribution < 1.29 is 4.79 Å².